The number of ether oxygens (including phenoxy) is 1. The average molecular weight is 480 g/mol. The van der Waals surface area contributed by atoms with Gasteiger partial charge in [-0.3, -0.25) is 9.59 Å². The van der Waals surface area contributed by atoms with Crippen molar-refractivity contribution in [2.45, 2.75) is 37.9 Å². The van der Waals surface area contributed by atoms with Crippen LogP contribution in [0.5, 0.6) is 5.75 Å². The fourth-order valence-corrected chi connectivity index (χ4v) is 4.73. The Balaban J connectivity index is 1.37. The molecule has 0 bridgehead atoms. The number of anilines is 1. The van der Waals surface area contributed by atoms with Gasteiger partial charge in [-0.2, -0.15) is 0 Å². The highest BCUT2D eigenvalue weighted by molar-refractivity contribution is 7.99. The molecule has 8 nitrogen and oxygen atoms in total. The SMILES string of the molecule is CCOc1ccc(NC(=O)CSc2nnc(C3CCCN3C(=O)c3ccc(C)cc3)n2C)cc1. The molecule has 0 radical (unpaired) electrons. The molecule has 178 valence electrons. The summed E-state index contributed by atoms with van der Waals surface area (Å²) in [6, 6.07) is 14.8. The second kappa shape index (κ2) is 10.7. The third-order valence-corrected chi connectivity index (χ3v) is 6.78. The normalized spacial score (nSPS) is 15.4. The van der Waals surface area contributed by atoms with E-state index in [1.165, 1.54) is 11.8 Å². The van der Waals surface area contributed by atoms with Gasteiger partial charge in [-0.1, -0.05) is 29.5 Å². The average Bonchev–Trinajstić information content (AvgIpc) is 3.45. The van der Waals surface area contributed by atoms with E-state index >= 15 is 0 Å². The summed E-state index contributed by atoms with van der Waals surface area (Å²) in [6.07, 6.45) is 1.76. The molecular weight excluding hydrogens is 450 g/mol. The molecule has 1 aliphatic rings. The number of hydrogen-bond acceptors (Lipinski definition) is 6. The van der Waals surface area contributed by atoms with Crippen LogP contribution < -0.4 is 10.1 Å². The van der Waals surface area contributed by atoms with Gasteiger partial charge in [0.25, 0.3) is 5.91 Å². The van der Waals surface area contributed by atoms with Crippen molar-refractivity contribution in [1.82, 2.24) is 19.7 Å². The van der Waals surface area contributed by atoms with E-state index in [1.807, 2.05) is 78.9 Å². The largest absolute Gasteiger partial charge is 0.494 e. The molecule has 1 N–H and O–H groups in total. The van der Waals surface area contributed by atoms with Crippen LogP contribution in [-0.4, -0.2) is 50.4 Å². The Morgan fingerprint density at radius 1 is 1.12 bits per heavy atom. The van der Waals surface area contributed by atoms with Crippen LogP contribution in [0.3, 0.4) is 0 Å². The third kappa shape index (κ3) is 5.41. The molecule has 9 heteroatoms. The van der Waals surface area contributed by atoms with Gasteiger partial charge in [0, 0.05) is 24.8 Å². The standard InChI is InChI=1S/C25H29N5O3S/c1-4-33-20-13-11-19(12-14-20)26-22(31)16-34-25-28-27-23(29(25)3)21-6-5-15-30(21)24(32)18-9-7-17(2)8-10-18/h7-14,21H,4-6,15-16H2,1-3H3,(H,26,31). The number of hydrogen-bond donors (Lipinski definition) is 1. The van der Waals surface area contributed by atoms with Gasteiger partial charge in [-0.05, 0) is 63.1 Å². The number of aryl methyl sites for hydroxylation is 1. The molecule has 0 spiro atoms. The first-order valence-corrected chi connectivity index (χ1v) is 12.4. The van der Waals surface area contributed by atoms with Crippen molar-refractivity contribution in [3.8, 4) is 5.75 Å². The van der Waals surface area contributed by atoms with Crippen LogP contribution >= 0.6 is 11.8 Å². The maximum Gasteiger partial charge on any atom is 0.254 e. The molecule has 4 rings (SSSR count). The minimum absolute atomic E-state index is 0.00874. The molecule has 0 aliphatic carbocycles. The summed E-state index contributed by atoms with van der Waals surface area (Å²) in [5.41, 5.74) is 2.51. The van der Waals surface area contributed by atoms with E-state index < -0.39 is 0 Å². The monoisotopic (exact) mass is 479 g/mol. The maximum absolute atomic E-state index is 13.1. The van der Waals surface area contributed by atoms with Crippen molar-refractivity contribution in [2.24, 2.45) is 7.05 Å². The number of carbonyl (C=O) groups is 2. The number of likely N-dealkylation sites (tertiary alicyclic amines) is 1. The smallest absolute Gasteiger partial charge is 0.254 e. The van der Waals surface area contributed by atoms with Crippen LogP contribution in [-0.2, 0) is 11.8 Å². The summed E-state index contributed by atoms with van der Waals surface area (Å²) in [6.45, 7) is 5.22. The number of nitrogens with zero attached hydrogens (tertiary/aromatic N) is 4. The predicted octanol–water partition coefficient (Wildman–Crippen LogP) is 4.23. The Labute approximate surface area is 203 Å². The number of rotatable bonds is 8. The first-order chi connectivity index (χ1) is 16.5. The van der Waals surface area contributed by atoms with Crippen molar-refractivity contribution in [3.63, 3.8) is 0 Å². The van der Waals surface area contributed by atoms with E-state index in [-0.39, 0.29) is 23.6 Å². The lowest BCUT2D eigenvalue weighted by Gasteiger charge is -2.24. The van der Waals surface area contributed by atoms with Gasteiger partial charge in [-0.25, -0.2) is 0 Å². The van der Waals surface area contributed by atoms with E-state index in [0.717, 1.165) is 30.0 Å². The molecule has 1 saturated heterocycles. The Morgan fingerprint density at radius 3 is 2.56 bits per heavy atom. The predicted molar refractivity (Wildman–Crippen MR) is 132 cm³/mol. The zero-order valence-corrected chi connectivity index (χ0v) is 20.5. The minimum atomic E-state index is -0.129. The van der Waals surface area contributed by atoms with Gasteiger partial charge in [0.2, 0.25) is 5.91 Å². The van der Waals surface area contributed by atoms with Gasteiger partial charge in [0.15, 0.2) is 11.0 Å². The summed E-state index contributed by atoms with van der Waals surface area (Å²) in [4.78, 5) is 27.4. The van der Waals surface area contributed by atoms with Crippen LogP contribution in [0.25, 0.3) is 0 Å². The Hall–Kier alpha value is -3.33. The molecule has 1 unspecified atom stereocenters. The summed E-state index contributed by atoms with van der Waals surface area (Å²) < 4.78 is 7.31. The van der Waals surface area contributed by atoms with Crippen LogP contribution in [0.15, 0.2) is 53.7 Å². The zero-order valence-electron chi connectivity index (χ0n) is 19.7. The van der Waals surface area contributed by atoms with Crippen LogP contribution in [0, 0.1) is 6.92 Å². The first-order valence-electron chi connectivity index (χ1n) is 11.4. The molecule has 1 atom stereocenters. The number of benzene rings is 2. The highest BCUT2D eigenvalue weighted by Gasteiger charge is 2.34. The molecule has 1 aromatic heterocycles. The second-order valence-electron chi connectivity index (χ2n) is 8.22. The number of amides is 2. The Kier molecular flexibility index (Phi) is 7.52. The molecular formula is C25H29N5O3S. The fourth-order valence-electron chi connectivity index (χ4n) is 4.01. The number of nitrogens with one attached hydrogen (secondary N) is 1. The highest BCUT2D eigenvalue weighted by atomic mass is 32.2. The van der Waals surface area contributed by atoms with Crippen molar-refractivity contribution in [3.05, 3.63) is 65.5 Å². The zero-order chi connectivity index (χ0) is 24.1. The topological polar surface area (TPSA) is 89.3 Å². The van der Waals surface area contributed by atoms with E-state index in [0.29, 0.717) is 29.6 Å². The summed E-state index contributed by atoms with van der Waals surface area (Å²) in [5, 5.41) is 12.2. The lowest BCUT2D eigenvalue weighted by atomic mass is 10.1. The summed E-state index contributed by atoms with van der Waals surface area (Å²) >= 11 is 1.32. The lowest BCUT2D eigenvalue weighted by molar-refractivity contribution is -0.113. The maximum atomic E-state index is 13.1. The van der Waals surface area contributed by atoms with Crippen molar-refractivity contribution in [2.75, 3.05) is 24.2 Å². The summed E-state index contributed by atoms with van der Waals surface area (Å²) in [7, 11) is 1.88. The van der Waals surface area contributed by atoms with Gasteiger partial charge in [-0.15, -0.1) is 10.2 Å². The Morgan fingerprint density at radius 2 is 1.85 bits per heavy atom. The first kappa shape index (κ1) is 23.8. The summed E-state index contributed by atoms with van der Waals surface area (Å²) in [5.74, 6) is 1.59. The van der Waals surface area contributed by atoms with Crippen molar-refractivity contribution >= 4 is 29.3 Å². The number of thioether (sulfide) groups is 1. The minimum Gasteiger partial charge on any atom is -0.494 e. The van der Waals surface area contributed by atoms with Gasteiger partial charge < -0.3 is 19.5 Å². The molecule has 34 heavy (non-hydrogen) atoms. The van der Waals surface area contributed by atoms with Crippen LogP contribution in [0.1, 0.15) is 47.6 Å². The van der Waals surface area contributed by atoms with Gasteiger partial charge >= 0.3 is 0 Å². The van der Waals surface area contributed by atoms with E-state index in [1.54, 1.807) is 0 Å². The number of aromatic nitrogens is 3. The molecule has 2 amide bonds. The van der Waals surface area contributed by atoms with Gasteiger partial charge in [0.05, 0.1) is 18.4 Å². The Bertz CT molecular complexity index is 1140. The quantitative estimate of drug-likeness (QED) is 0.487. The molecule has 2 aromatic carbocycles. The van der Waals surface area contributed by atoms with E-state index in [9.17, 15) is 9.59 Å². The van der Waals surface area contributed by atoms with Crippen LogP contribution in [0.4, 0.5) is 5.69 Å². The van der Waals surface area contributed by atoms with E-state index in [4.69, 9.17) is 4.74 Å². The van der Waals surface area contributed by atoms with Gasteiger partial charge in [0.1, 0.15) is 5.75 Å². The highest BCUT2D eigenvalue weighted by Crippen LogP contribution is 2.33. The molecule has 3 aromatic rings. The molecule has 1 aliphatic heterocycles. The second-order valence-corrected chi connectivity index (χ2v) is 9.16. The van der Waals surface area contributed by atoms with Crippen LogP contribution in [0.2, 0.25) is 0 Å². The third-order valence-electron chi connectivity index (χ3n) is 5.76. The lowest BCUT2D eigenvalue weighted by Crippen LogP contribution is -2.31. The van der Waals surface area contributed by atoms with Crippen molar-refractivity contribution < 1.29 is 14.3 Å². The van der Waals surface area contributed by atoms with E-state index in [2.05, 4.69) is 15.5 Å². The van der Waals surface area contributed by atoms with Crippen molar-refractivity contribution in [1.29, 1.82) is 0 Å². The molecule has 1 fully saturated rings. The molecule has 0 saturated carbocycles. The molecule has 2 heterocycles. The fraction of sp³-hybridized carbons (Fsp3) is 0.360. The number of carbonyl (C=O) groups excluding carboxylic acids is 2.